The van der Waals surface area contributed by atoms with Crippen molar-refractivity contribution < 1.29 is 4.79 Å². The van der Waals surface area contributed by atoms with E-state index in [2.05, 4.69) is 41.4 Å². The van der Waals surface area contributed by atoms with Crippen LogP contribution in [0.25, 0.3) is 0 Å². The van der Waals surface area contributed by atoms with Gasteiger partial charge < -0.3 is 16.0 Å². The van der Waals surface area contributed by atoms with Crippen molar-refractivity contribution in [3.8, 4) is 0 Å². The van der Waals surface area contributed by atoms with Crippen molar-refractivity contribution in [3.63, 3.8) is 0 Å². The molecule has 3 atom stereocenters. The van der Waals surface area contributed by atoms with Gasteiger partial charge in [-0.15, -0.1) is 0 Å². The van der Waals surface area contributed by atoms with Gasteiger partial charge in [0.2, 0.25) is 5.91 Å². The van der Waals surface area contributed by atoms with E-state index in [1.807, 2.05) is 37.3 Å². The average Bonchev–Trinajstić information content (AvgIpc) is 3.09. The first-order valence-corrected chi connectivity index (χ1v) is 9.00. The van der Waals surface area contributed by atoms with Crippen molar-refractivity contribution in [3.05, 3.63) is 65.7 Å². The van der Waals surface area contributed by atoms with Crippen LogP contribution in [0.15, 0.2) is 54.6 Å². The van der Waals surface area contributed by atoms with Crippen LogP contribution in [0.3, 0.4) is 0 Å². The topological polar surface area (TPSA) is 58.4 Å². The van der Waals surface area contributed by atoms with E-state index in [1.165, 1.54) is 11.3 Å². The minimum atomic E-state index is -0.288. The lowest BCUT2D eigenvalue weighted by Crippen LogP contribution is -2.44. The molecule has 1 amide bonds. The van der Waals surface area contributed by atoms with Crippen molar-refractivity contribution in [2.24, 2.45) is 11.7 Å². The fraction of sp³-hybridized carbons (Fsp3) is 0.381. The first-order chi connectivity index (χ1) is 12.1. The predicted octanol–water partition coefficient (Wildman–Crippen LogP) is 2.89. The Hall–Kier alpha value is -2.33. The van der Waals surface area contributed by atoms with Crippen molar-refractivity contribution >= 4 is 11.6 Å². The van der Waals surface area contributed by atoms with E-state index in [0.29, 0.717) is 6.54 Å². The Morgan fingerprint density at radius 2 is 1.80 bits per heavy atom. The Morgan fingerprint density at radius 1 is 1.12 bits per heavy atom. The van der Waals surface area contributed by atoms with E-state index in [4.69, 9.17) is 5.73 Å². The van der Waals surface area contributed by atoms with Gasteiger partial charge in [0, 0.05) is 30.9 Å². The highest BCUT2D eigenvalue weighted by Gasteiger charge is 2.25. The van der Waals surface area contributed by atoms with Crippen LogP contribution >= 0.6 is 0 Å². The van der Waals surface area contributed by atoms with Crippen LogP contribution in [0.2, 0.25) is 0 Å². The first kappa shape index (κ1) is 17.5. The second-order valence-electron chi connectivity index (χ2n) is 6.89. The number of nitrogens with one attached hydrogen (secondary N) is 1. The molecule has 2 aromatic carbocycles. The molecule has 0 radical (unpaired) electrons. The summed E-state index contributed by atoms with van der Waals surface area (Å²) in [4.78, 5) is 14.9. The van der Waals surface area contributed by atoms with Crippen molar-refractivity contribution in [2.75, 3.05) is 18.0 Å². The Kier molecular flexibility index (Phi) is 5.39. The molecule has 1 aliphatic rings. The summed E-state index contributed by atoms with van der Waals surface area (Å²) >= 11 is 0. The minimum absolute atomic E-state index is 0.00989. The van der Waals surface area contributed by atoms with Crippen molar-refractivity contribution in [2.45, 2.75) is 32.4 Å². The maximum absolute atomic E-state index is 12.5. The highest BCUT2D eigenvalue weighted by molar-refractivity contribution is 5.79. The molecule has 4 heteroatoms. The monoisotopic (exact) mass is 337 g/mol. The molecule has 0 aromatic heterocycles. The summed E-state index contributed by atoms with van der Waals surface area (Å²) in [6, 6.07) is 18.3. The lowest BCUT2D eigenvalue weighted by atomic mass is 9.94. The first-order valence-electron chi connectivity index (χ1n) is 9.00. The number of hydrogen-bond acceptors (Lipinski definition) is 3. The number of fused-ring (bicyclic) bond motifs is 1. The number of carbonyl (C=O) groups is 1. The highest BCUT2D eigenvalue weighted by Crippen LogP contribution is 2.29. The summed E-state index contributed by atoms with van der Waals surface area (Å²) in [5.74, 6) is -0.254. The maximum atomic E-state index is 12.5. The van der Waals surface area contributed by atoms with Crippen LogP contribution in [0, 0.1) is 5.92 Å². The molecule has 25 heavy (non-hydrogen) atoms. The standard InChI is InChI=1S/C21H27N3O/c1-15(24-13-12-17-8-6-7-11-19(17)24)14-23-21(25)16(2)20(22)18-9-4-3-5-10-18/h3-11,15-16,20H,12-14,22H2,1-2H3,(H,23,25). The van der Waals surface area contributed by atoms with Gasteiger partial charge in [-0.25, -0.2) is 0 Å². The van der Waals surface area contributed by atoms with E-state index in [1.54, 1.807) is 0 Å². The Bertz CT molecular complexity index is 716. The van der Waals surface area contributed by atoms with Gasteiger partial charge in [0.1, 0.15) is 0 Å². The van der Waals surface area contributed by atoms with E-state index in [0.717, 1.165) is 18.5 Å². The summed E-state index contributed by atoms with van der Waals surface area (Å²) in [6.45, 7) is 5.68. The van der Waals surface area contributed by atoms with E-state index in [9.17, 15) is 4.79 Å². The van der Waals surface area contributed by atoms with Gasteiger partial charge in [0.15, 0.2) is 0 Å². The van der Waals surface area contributed by atoms with E-state index >= 15 is 0 Å². The molecule has 3 rings (SSSR count). The fourth-order valence-electron chi connectivity index (χ4n) is 3.47. The molecule has 1 heterocycles. The zero-order valence-corrected chi connectivity index (χ0v) is 15.0. The molecule has 3 unspecified atom stereocenters. The summed E-state index contributed by atoms with van der Waals surface area (Å²) in [5.41, 5.74) is 9.93. The molecule has 1 aliphatic heterocycles. The number of carbonyl (C=O) groups excluding carboxylic acids is 1. The SMILES string of the molecule is CC(C(=O)NCC(C)N1CCc2ccccc21)C(N)c1ccccc1. The van der Waals surface area contributed by atoms with Gasteiger partial charge in [-0.05, 0) is 30.5 Å². The van der Waals surface area contributed by atoms with Crippen molar-refractivity contribution in [1.82, 2.24) is 5.32 Å². The minimum Gasteiger partial charge on any atom is -0.366 e. The smallest absolute Gasteiger partial charge is 0.224 e. The molecule has 0 spiro atoms. The number of rotatable bonds is 6. The van der Waals surface area contributed by atoms with Crippen LogP contribution < -0.4 is 16.0 Å². The Balaban J connectivity index is 1.55. The molecule has 0 bridgehead atoms. The Morgan fingerprint density at radius 3 is 2.56 bits per heavy atom. The number of amides is 1. The molecule has 132 valence electrons. The van der Waals surface area contributed by atoms with Gasteiger partial charge in [0.25, 0.3) is 0 Å². The van der Waals surface area contributed by atoms with Crippen LogP contribution in [0.1, 0.15) is 31.0 Å². The summed E-state index contributed by atoms with van der Waals surface area (Å²) in [5, 5.41) is 3.08. The Labute approximate surface area is 150 Å². The second kappa shape index (κ2) is 7.70. The van der Waals surface area contributed by atoms with Crippen molar-refractivity contribution in [1.29, 1.82) is 0 Å². The molecule has 4 nitrogen and oxygen atoms in total. The second-order valence-corrected chi connectivity index (χ2v) is 6.89. The summed E-state index contributed by atoms with van der Waals surface area (Å²) in [7, 11) is 0. The number of para-hydroxylation sites is 1. The quantitative estimate of drug-likeness (QED) is 0.852. The van der Waals surface area contributed by atoms with E-state index < -0.39 is 0 Å². The molecular formula is C21H27N3O. The molecular weight excluding hydrogens is 310 g/mol. The lowest BCUT2D eigenvalue weighted by Gasteiger charge is -2.28. The van der Waals surface area contributed by atoms with Gasteiger partial charge in [0.05, 0.1) is 5.92 Å². The lowest BCUT2D eigenvalue weighted by molar-refractivity contribution is -0.125. The zero-order valence-electron chi connectivity index (χ0n) is 15.0. The molecule has 3 N–H and O–H groups in total. The van der Waals surface area contributed by atoms with Gasteiger partial charge in [-0.2, -0.15) is 0 Å². The molecule has 0 aliphatic carbocycles. The molecule has 0 saturated heterocycles. The van der Waals surface area contributed by atoms with E-state index in [-0.39, 0.29) is 23.9 Å². The third-order valence-corrected chi connectivity index (χ3v) is 5.16. The summed E-state index contributed by atoms with van der Waals surface area (Å²) < 4.78 is 0. The number of anilines is 1. The molecule has 2 aromatic rings. The van der Waals surface area contributed by atoms with Crippen LogP contribution in [-0.4, -0.2) is 25.0 Å². The van der Waals surface area contributed by atoms with Crippen LogP contribution in [0.4, 0.5) is 5.69 Å². The van der Waals surface area contributed by atoms with Gasteiger partial charge in [-0.1, -0.05) is 55.5 Å². The molecule has 0 saturated carbocycles. The number of nitrogens with zero attached hydrogens (tertiary/aromatic N) is 1. The highest BCUT2D eigenvalue weighted by atomic mass is 16.1. The number of hydrogen-bond donors (Lipinski definition) is 2. The average molecular weight is 337 g/mol. The van der Waals surface area contributed by atoms with Gasteiger partial charge >= 0.3 is 0 Å². The third-order valence-electron chi connectivity index (χ3n) is 5.16. The van der Waals surface area contributed by atoms with Gasteiger partial charge in [-0.3, -0.25) is 4.79 Å². The summed E-state index contributed by atoms with van der Waals surface area (Å²) in [6.07, 6.45) is 1.07. The molecule has 0 fully saturated rings. The maximum Gasteiger partial charge on any atom is 0.224 e. The van der Waals surface area contributed by atoms with Crippen LogP contribution in [-0.2, 0) is 11.2 Å². The normalized spacial score (nSPS) is 16.8. The predicted molar refractivity (Wildman–Crippen MR) is 102 cm³/mol. The largest absolute Gasteiger partial charge is 0.366 e. The number of benzene rings is 2. The fourth-order valence-corrected chi connectivity index (χ4v) is 3.47. The zero-order chi connectivity index (χ0) is 17.8. The third kappa shape index (κ3) is 3.85. The number of nitrogens with two attached hydrogens (primary N) is 1. The van der Waals surface area contributed by atoms with Crippen LogP contribution in [0.5, 0.6) is 0 Å².